The lowest BCUT2D eigenvalue weighted by Crippen LogP contribution is -2.45. The number of nitrogens with zero attached hydrogens (tertiary/aromatic N) is 3. The van der Waals surface area contributed by atoms with Crippen molar-refractivity contribution in [1.82, 2.24) is 14.7 Å². The van der Waals surface area contributed by atoms with Crippen LogP contribution in [0, 0.1) is 13.8 Å². The van der Waals surface area contributed by atoms with Crippen molar-refractivity contribution in [1.29, 1.82) is 0 Å². The standard InChI is InChI=1S/C30H34N4O3/c1-5-21-14-16-32(17-15-21)27-26(28(35)33(30(27)37)22-10-8-7-9-11-22)25-23(6-2)31-34(29(25)36)24-13-12-19(3)18-20(24)4/h12-18,22H,5-11H2,1-4H3/p+1. The molecule has 1 fully saturated rings. The van der Waals surface area contributed by atoms with Gasteiger partial charge in [-0.05, 0) is 56.7 Å². The molecule has 0 unspecified atom stereocenters. The number of nitrogens with one attached hydrogen (secondary N) is 1. The number of aromatic nitrogens is 3. The highest BCUT2D eigenvalue weighted by molar-refractivity contribution is 6.44. The van der Waals surface area contributed by atoms with Crippen LogP contribution in [0.1, 0.15) is 73.9 Å². The molecule has 0 saturated heterocycles. The lowest BCUT2D eigenvalue weighted by Gasteiger charge is -2.29. The molecule has 1 saturated carbocycles. The molecule has 3 aromatic rings. The third-order valence-corrected chi connectivity index (χ3v) is 7.76. The van der Waals surface area contributed by atoms with Crippen LogP contribution in [0.2, 0.25) is 0 Å². The first-order valence-electron chi connectivity index (χ1n) is 13.4. The maximum Gasteiger partial charge on any atom is 0.327 e. The van der Waals surface area contributed by atoms with E-state index < -0.39 is 0 Å². The quantitative estimate of drug-likeness (QED) is 0.407. The predicted octanol–water partition coefficient (Wildman–Crippen LogP) is 4.26. The molecule has 2 amide bonds. The van der Waals surface area contributed by atoms with Gasteiger partial charge in [0, 0.05) is 23.9 Å². The number of hydrogen-bond donors (Lipinski definition) is 1. The van der Waals surface area contributed by atoms with Gasteiger partial charge in [-0.25, -0.2) is 4.68 Å². The van der Waals surface area contributed by atoms with Crippen LogP contribution in [0.3, 0.4) is 0 Å². The van der Waals surface area contributed by atoms with Gasteiger partial charge in [0.15, 0.2) is 12.4 Å². The van der Waals surface area contributed by atoms with Crippen molar-refractivity contribution in [3.8, 4) is 5.69 Å². The van der Waals surface area contributed by atoms with Crippen molar-refractivity contribution < 1.29 is 14.2 Å². The first-order valence-corrected chi connectivity index (χ1v) is 13.4. The fourth-order valence-electron chi connectivity index (χ4n) is 5.73. The van der Waals surface area contributed by atoms with Crippen molar-refractivity contribution in [2.45, 2.75) is 78.7 Å². The second kappa shape index (κ2) is 9.96. The van der Waals surface area contributed by atoms with Crippen LogP contribution in [0.5, 0.6) is 0 Å². The Balaban J connectivity index is 1.73. The molecule has 0 bridgehead atoms. The first-order chi connectivity index (χ1) is 17.8. The number of carbonyl (C=O) groups excluding carboxylic acids is 2. The van der Waals surface area contributed by atoms with Gasteiger partial charge in [0.2, 0.25) is 0 Å². The molecule has 2 aromatic heterocycles. The summed E-state index contributed by atoms with van der Waals surface area (Å²) in [6, 6.07) is 9.68. The first kappa shape index (κ1) is 24.9. The number of H-pyrrole nitrogens is 1. The molecule has 0 atom stereocenters. The van der Waals surface area contributed by atoms with Gasteiger partial charge < -0.3 is 0 Å². The van der Waals surface area contributed by atoms with Gasteiger partial charge in [-0.1, -0.05) is 50.8 Å². The Morgan fingerprint density at radius 2 is 1.62 bits per heavy atom. The molecule has 192 valence electrons. The van der Waals surface area contributed by atoms with E-state index >= 15 is 0 Å². The summed E-state index contributed by atoms with van der Waals surface area (Å²) in [6.45, 7) is 8.00. The van der Waals surface area contributed by atoms with E-state index in [4.69, 9.17) is 0 Å². The van der Waals surface area contributed by atoms with Crippen LogP contribution in [0.25, 0.3) is 17.0 Å². The van der Waals surface area contributed by atoms with Gasteiger partial charge >= 0.3 is 5.91 Å². The number of pyridine rings is 1. The van der Waals surface area contributed by atoms with Crippen molar-refractivity contribution in [3.05, 3.63) is 81.0 Å². The highest BCUT2D eigenvalue weighted by atomic mass is 16.2. The van der Waals surface area contributed by atoms with Crippen molar-refractivity contribution in [2.24, 2.45) is 0 Å². The van der Waals surface area contributed by atoms with Crippen LogP contribution >= 0.6 is 0 Å². The second-order valence-corrected chi connectivity index (χ2v) is 10.2. The molecule has 2 aliphatic rings. The minimum absolute atomic E-state index is 0.137. The Morgan fingerprint density at radius 1 is 0.919 bits per heavy atom. The van der Waals surface area contributed by atoms with E-state index in [1.165, 1.54) is 9.58 Å². The van der Waals surface area contributed by atoms with E-state index in [1.54, 1.807) is 4.57 Å². The molecule has 7 heteroatoms. The summed E-state index contributed by atoms with van der Waals surface area (Å²) in [6.07, 6.45) is 9.75. The average Bonchev–Trinajstić information content (AvgIpc) is 3.36. The number of aryl methyl sites for hydroxylation is 4. The van der Waals surface area contributed by atoms with Gasteiger partial charge in [0.05, 0.1) is 11.3 Å². The van der Waals surface area contributed by atoms with E-state index in [0.29, 0.717) is 17.7 Å². The molecular formula is C30H35N4O3+. The summed E-state index contributed by atoms with van der Waals surface area (Å²) in [5, 5.41) is 3.25. The van der Waals surface area contributed by atoms with Crippen molar-refractivity contribution in [2.75, 3.05) is 0 Å². The molecule has 0 spiro atoms. The third-order valence-electron chi connectivity index (χ3n) is 7.76. The number of imide groups is 1. The lowest BCUT2D eigenvalue weighted by molar-refractivity contribution is -0.577. The number of benzene rings is 1. The van der Waals surface area contributed by atoms with Gasteiger partial charge in [0.25, 0.3) is 17.2 Å². The Morgan fingerprint density at radius 3 is 2.24 bits per heavy atom. The van der Waals surface area contributed by atoms with Crippen LogP contribution < -0.4 is 10.1 Å². The van der Waals surface area contributed by atoms with Crippen molar-refractivity contribution in [3.63, 3.8) is 0 Å². The molecule has 1 aliphatic carbocycles. The highest BCUT2D eigenvalue weighted by Gasteiger charge is 2.49. The normalized spacial score (nSPS) is 16.8. The molecule has 3 heterocycles. The Labute approximate surface area is 217 Å². The molecular weight excluding hydrogens is 464 g/mol. The summed E-state index contributed by atoms with van der Waals surface area (Å²) in [5.41, 5.74) is 5.02. The van der Waals surface area contributed by atoms with E-state index in [1.807, 2.05) is 63.5 Å². The third kappa shape index (κ3) is 4.26. The summed E-state index contributed by atoms with van der Waals surface area (Å²) < 4.78 is 3.23. The maximum absolute atomic E-state index is 14.1. The summed E-state index contributed by atoms with van der Waals surface area (Å²) in [5.74, 6) is -0.681. The van der Waals surface area contributed by atoms with Crippen LogP contribution in [-0.4, -0.2) is 32.5 Å². The maximum atomic E-state index is 14.1. The van der Waals surface area contributed by atoms with E-state index in [2.05, 4.69) is 12.0 Å². The van der Waals surface area contributed by atoms with E-state index in [-0.39, 0.29) is 34.7 Å². The zero-order valence-electron chi connectivity index (χ0n) is 22.1. The van der Waals surface area contributed by atoms with Crippen LogP contribution in [-0.2, 0) is 22.4 Å². The smallest absolute Gasteiger partial charge is 0.294 e. The van der Waals surface area contributed by atoms with Gasteiger partial charge in [0.1, 0.15) is 5.57 Å². The molecule has 1 N–H and O–H groups in total. The topological polar surface area (TPSA) is 79.1 Å². The fraction of sp³-hybridized carbons (Fsp3) is 0.400. The lowest BCUT2D eigenvalue weighted by atomic mass is 9.94. The molecule has 1 aliphatic heterocycles. The Kier molecular flexibility index (Phi) is 6.71. The zero-order chi connectivity index (χ0) is 26.3. The van der Waals surface area contributed by atoms with E-state index in [0.717, 1.165) is 60.9 Å². The SMILES string of the molecule is CCc1cc[n+](C2=C(c3c(CC)[nH]n(-c4ccc(C)cc4C)c3=O)C(=O)N(C3CCCCC3)C2=O)cc1. The second-order valence-electron chi connectivity index (χ2n) is 10.2. The number of carbonyl (C=O) groups is 2. The Bertz CT molecular complexity index is 1450. The highest BCUT2D eigenvalue weighted by Crippen LogP contribution is 2.35. The average molecular weight is 500 g/mol. The van der Waals surface area contributed by atoms with Gasteiger partial charge in [-0.3, -0.25) is 24.4 Å². The van der Waals surface area contributed by atoms with Crippen molar-refractivity contribution >= 4 is 23.1 Å². The summed E-state index contributed by atoms with van der Waals surface area (Å²) in [4.78, 5) is 43.4. The van der Waals surface area contributed by atoms with Crippen LogP contribution in [0.15, 0.2) is 47.5 Å². The minimum Gasteiger partial charge on any atom is -0.294 e. The molecule has 37 heavy (non-hydrogen) atoms. The van der Waals surface area contributed by atoms with Crippen LogP contribution in [0.4, 0.5) is 0 Å². The van der Waals surface area contributed by atoms with Gasteiger partial charge in [-0.15, -0.1) is 0 Å². The molecule has 1 aromatic carbocycles. The number of aromatic amines is 1. The fourth-order valence-corrected chi connectivity index (χ4v) is 5.73. The molecule has 0 radical (unpaired) electrons. The summed E-state index contributed by atoms with van der Waals surface area (Å²) in [7, 11) is 0. The largest absolute Gasteiger partial charge is 0.327 e. The minimum atomic E-state index is -0.363. The molecule has 5 rings (SSSR count). The van der Waals surface area contributed by atoms with E-state index in [9.17, 15) is 14.4 Å². The number of hydrogen-bond acceptors (Lipinski definition) is 3. The number of amides is 2. The predicted molar refractivity (Wildman–Crippen MR) is 143 cm³/mol. The monoisotopic (exact) mass is 499 g/mol. The number of rotatable bonds is 6. The zero-order valence-corrected chi connectivity index (χ0v) is 22.1. The Hall–Kier alpha value is -3.74. The van der Waals surface area contributed by atoms with Gasteiger partial charge in [-0.2, -0.15) is 4.57 Å². The molecule has 7 nitrogen and oxygen atoms in total. The summed E-state index contributed by atoms with van der Waals surface area (Å²) >= 11 is 0.